The third-order valence-corrected chi connectivity index (χ3v) is 8.93. The van der Waals surface area contributed by atoms with E-state index in [0.717, 1.165) is 5.56 Å². The Kier molecular flexibility index (Phi) is 5.65. The molecule has 1 aromatic carbocycles. The summed E-state index contributed by atoms with van der Waals surface area (Å²) in [7, 11) is -6.40. The quantitative estimate of drug-likeness (QED) is 0.784. The van der Waals surface area contributed by atoms with Crippen molar-refractivity contribution in [1.82, 2.24) is 0 Å². The van der Waals surface area contributed by atoms with Crippen LogP contribution < -0.4 is 0 Å². The van der Waals surface area contributed by atoms with Crippen LogP contribution in [0.3, 0.4) is 0 Å². The van der Waals surface area contributed by atoms with Crippen LogP contribution in [0.4, 0.5) is 0 Å². The molecule has 0 unspecified atom stereocenters. The van der Waals surface area contributed by atoms with Crippen molar-refractivity contribution in [1.29, 1.82) is 0 Å². The van der Waals surface area contributed by atoms with Crippen LogP contribution >= 0.6 is 18.1 Å². The topological polar surface area (TPSA) is 66.8 Å². The van der Waals surface area contributed by atoms with Gasteiger partial charge in [-0.2, -0.15) is 0 Å². The van der Waals surface area contributed by atoms with Crippen molar-refractivity contribution < 1.29 is 18.3 Å². The highest BCUT2D eigenvalue weighted by molar-refractivity contribution is 8.31. The molecule has 6 heteroatoms. The molecule has 0 spiro atoms. The summed E-state index contributed by atoms with van der Waals surface area (Å²) >= 11 is 0. The van der Waals surface area contributed by atoms with Crippen molar-refractivity contribution in [2.75, 3.05) is 0 Å². The van der Waals surface area contributed by atoms with Gasteiger partial charge in [0.2, 0.25) is 0 Å². The Bertz CT molecular complexity index is 433. The monoisotopic (exact) mass is 306 g/mol. The second-order valence-electron chi connectivity index (χ2n) is 5.07. The van der Waals surface area contributed by atoms with Gasteiger partial charge in [-0.3, -0.25) is 0 Å². The van der Waals surface area contributed by atoms with E-state index in [0.29, 0.717) is 5.75 Å². The van der Waals surface area contributed by atoms with Crippen molar-refractivity contribution in [2.24, 2.45) is 0 Å². The van der Waals surface area contributed by atoms with E-state index in [-0.39, 0.29) is 10.5 Å². The van der Waals surface area contributed by atoms with Crippen molar-refractivity contribution >= 4 is 18.1 Å². The van der Waals surface area contributed by atoms with Crippen LogP contribution in [0.25, 0.3) is 0 Å². The van der Waals surface area contributed by atoms with E-state index in [1.807, 2.05) is 58.0 Å². The predicted octanol–water partition coefficient (Wildman–Crippen LogP) is 3.83. The van der Waals surface area contributed by atoms with Crippen LogP contribution in [0.1, 0.15) is 33.3 Å². The molecular formula is C13H23O4PS. The molecule has 19 heavy (non-hydrogen) atoms. The summed E-state index contributed by atoms with van der Waals surface area (Å²) < 4.78 is 16.6. The number of hydrogen-bond donors (Lipinski definition) is 2. The fourth-order valence-electron chi connectivity index (χ4n) is 2.09. The van der Waals surface area contributed by atoms with Gasteiger partial charge in [0.1, 0.15) is 0 Å². The Morgan fingerprint density at radius 3 is 1.95 bits per heavy atom. The summed E-state index contributed by atoms with van der Waals surface area (Å²) in [6.45, 7) is 7.86. The highest BCUT2D eigenvalue weighted by atomic mass is 32.3. The molecule has 0 bridgehead atoms. The molecule has 0 aliphatic heterocycles. The zero-order chi connectivity index (χ0) is 14.7. The molecule has 0 fully saturated rings. The first-order valence-corrected chi connectivity index (χ1v) is 9.65. The fourth-order valence-corrected chi connectivity index (χ4v) is 7.59. The first kappa shape index (κ1) is 16.7. The standard InChI is InChI=1S/C13H23O4PS/c1-11(2)19(12(3)4,17-18(14,15)16)10-13-8-6-5-7-9-13/h5-9,11-12H,10H2,1-4H3,(H2,14,15,16). The van der Waals surface area contributed by atoms with Crippen LogP contribution in [-0.4, -0.2) is 20.3 Å². The predicted molar refractivity (Wildman–Crippen MR) is 81.1 cm³/mol. The van der Waals surface area contributed by atoms with Gasteiger partial charge >= 0.3 is 7.82 Å². The second kappa shape index (κ2) is 6.42. The highest BCUT2D eigenvalue weighted by Gasteiger charge is 2.38. The average molecular weight is 306 g/mol. The number of hydrogen-bond acceptors (Lipinski definition) is 2. The van der Waals surface area contributed by atoms with E-state index in [2.05, 4.69) is 0 Å². The summed E-state index contributed by atoms with van der Waals surface area (Å²) in [4.78, 5) is 18.5. The van der Waals surface area contributed by atoms with E-state index in [9.17, 15) is 14.4 Å². The Morgan fingerprint density at radius 1 is 1.11 bits per heavy atom. The smallest absolute Gasteiger partial charge is 0.302 e. The maximum atomic E-state index is 11.3. The van der Waals surface area contributed by atoms with Crippen LogP contribution in [0.5, 0.6) is 0 Å². The molecule has 1 aromatic rings. The van der Waals surface area contributed by atoms with Crippen molar-refractivity contribution in [3.8, 4) is 0 Å². The third-order valence-electron chi connectivity index (χ3n) is 3.07. The van der Waals surface area contributed by atoms with Crippen LogP contribution in [0.2, 0.25) is 0 Å². The lowest BCUT2D eigenvalue weighted by Gasteiger charge is -2.46. The lowest BCUT2D eigenvalue weighted by molar-refractivity contribution is 0.292. The van der Waals surface area contributed by atoms with Crippen molar-refractivity contribution in [3.05, 3.63) is 35.9 Å². The van der Waals surface area contributed by atoms with E-state index < -0.39 is 18.1 Å². The zero-order valence-corrected chi connectivity index (χ0v) is 13.5. The molecule has 0 aliphatic carbocycles. The Morgan fingerprint density at radius 2 is 1.58 bits per heavy atom. The molecular weight excluding hydrogens is 283 g/mol. The first-order chi connectivity index (χ1) is 8.67. The van der Waals surface area contributed by atoms with Crippen LogP contribution in [0, 0.1) is 0 Å². The number of rotatable bonds is 6. The minimum atomic E-state index is -4.49. The number of phosphoric acid groups is 1. The first-order valence-electron chi connectivity index (χ1n) is 6.27. The van der Waals surface area contributed by atoms with Gasteiger partial charge < -0.3 is 9.79 Å². The lowest BCUT2D eigenvalue weighted by atomic mass is 10.2. The normalized spacial score (nSPS) is 14.1. The maximum absolute atomic E-state index is 11.3. The zero-order valence-electron chi connectivity index (χ0n) is 11.8. The van der Waals surface area contributed by atoms with Gasteiger partial charge in [0.15, 0.2) is 0 Å². The summed E-state index contributed by atoms with van der Waals surface area (Å²) in [6.07, 6.45) is 0. The van der Waals surface area contributed by atoms with Gasteiger partial charge in [-0.05, 0) is 5.56 Å². The minimum absolute atomic E-state index is 0.0698. The molecule has 2 N–H and O–H groups in total. The maximum Gasteiger partial charge on any atom is 0.479 e. The molecule has 1 rings (SSSR count). The van der Waals surface area contributed by atoms with Gasteiger partial charge in [0, 0.05) is 16.3 Å². The van der Waals surface area contributed by atoms with E-state index in [1.54, 1.807) is 0 Å². The molecule has 0 radical (unpaired) electrons. The largest absolute Gasteiger partial charge is 0.479 e. The van der Waals surface area contributed by atoms with E-state index in [1.165, 1.54) is 0 Å². The molecule has 0 aromatic heterocycles. The highest BCUT2D eigenvalue weighted by Crippen LogP contribution is 2.67. The SMILES string of the molecule is CC(C)S(Cc1ccccc1)(OP(=O)(O)O)C(C)C. The van der Waals surface area contributed by atoms with E-state index in [4.69, 9.17) is 3.97 Å². The Hall–Kier alpha value is -0.320. The van der Waals surface area contributed by atoms with Crippen molar-refractivity contribution in [3.63, 3.8) is 0 Å². The molecule has 110 valence electrons. The molecule has 0 amide bonds. The lowest BCUT2D eigenvalue weighted by Crippen LogP contribution is -2.24. The average Bonchev–Trinajstić information content (AvgIpc) is 2.27. The van der Waals surface area contributed by atoms with Crippen LogP contribution in [0.15, 0.2) is 30.3 Å². The minimum Gasteiger partial charge on any atom is -0.302 e. The van der Waals surface area contributed by atoms with Gasteiger partial charge in [0.25, 0.3) is 0 Å². The third kappa shape index (κ3) is 4.62. The summed E-state index contributed by atoms with van der Waals surface area (Å²) in [5.41, 5.74) is 1.05. The summed E-state index contributed by atoms with van der Waals surface area (Å²) in [6, 6.07) is 9.72. The summed E-state index contributed by atoms with van der Waals surface area (Å²) in [5.74, 6) is 0.564. The molecule has 4 nitrogen and oxygen atoms in total. The molecule has 0 atom stereocenters. The number of benzene rings is 1. The molecule has 0 aliphatic rings. The fraction of sp³-hybridized carbons (Fsp3) is 0.538. The van der Waals surface area contributed by atoms with Gasteiger partial charge in [-0.1, -0.05) is 58.0 Å². The second-order valence-corrected chi connectivity index (χ2v) is 10.4. The van der Waals surface area contributed by atoms with Crippen molar-refractivity contribution in [2.45, 2.75) is 43.9 Å². The van der Waals surface area contributed by atoms with Crippen LogP contribution in [-0.2, 0) is 14.3 Å². The Balaban J connectivity index is 3.14. The van der Waals surface area contributed by atoms with Gasteiger partial charge in [-0.15, -0.1) is 10.3 Å². The van der Waals surface area contributed by atoms with Gasteiger partial charge in [0.05, 0.1) is 0 Å². The molecule has 0 heterocycles. The Labute approximate surface area is 117 Å². The van der Waals surface area contributed by atoms with Gasteiger partial charge in [-0.25, -0.2) is 8.54 Å². The summed E-state index contributed by atoms with van der Waals surface area (Å²) in [5, 5.41) is 0.140. The van der Waals surface area contributed by atoms with E-state index >= 15 is 0 Å². The molecule has 0 saturated heterocycles. The molecule has 0 saturated carbocycles.